The lowest BCUT2D eigenvalue weighted by Gasteiger charge is -2.39. The Morgan fingerprint density at radius 1 is 0.760 bits per heavy atom. The summed E-state index contributed by atoms with van der Waals surface area (Å²) in [4.78, 5) is 0. The van der Waals surface area contributed by atoms with Crippen molar-refractivity contribution in [2.45, 2.75) is 95.0 Å². The van der Waals surface area contributed by atoms with Crippen LogP contribution >= 0.6 is 0 Å². The van der Waals surface area contributed by atoms with Crippen molar-refractivity contribution in [1.82, 2.24) is 26.3 Å². The molecule has 2 saturated heterocycles. The minimum atomic E-state index is 0.428. The van der Waals surface area contributed by atoms with Crippen molar-refractivity contribution in [3.63, 3.8) is 0 Å². The van der Waals surface area contributed by atoms with E-state index in [0.29, 0.717) is 36.3 Å². The van der Waals surface area contributed by atoms with Gasteiger partial charge in [0, 0.05) is 62.4 Å². The highest BCUT2D eigenvalue weighted by Gasteiger charge is 2.30. The fourth-order valence-corrected chi connectivity index (χ4v) is 4.78. The molecular formula is C19H40N6. The van der Waals surface area contributed by atoms with E-state index < -0.39 is 0 Å². The Bertz CT molecular complexity index is 392. The van der Waals surface area contributed by atoms with Crippen LogP contribution < -0.4 is 27.1 Å². The predicted molar refractivity (Wildman–Crippen MR) is 104 cm³/mol. The molecule has 0 amide bonds. The summed E-state index contributed by atoms with van der Waals surface area (Å²) >= 11 is 0. The quantitative estimate of drug-likeness (QED) is 0.410. The Balaban J connectivity index is 1.64. The highest BCUT2D eigenvalue weighted by Crippen LogP contribution is 2.22. The molecule has 0 radical (unpaired) electrons. The molecule has 0 aromatic carbocycles. The first-order valence-corrected chi connectivity index (χ1v) is 10.6. The first-order valence-electron chi connectivity index (χ1n) is 10.6. The van der Waals surface area contributed by atoms with Gasteiger partial charge in [-0.2, -0.15) is 0 Å². The summed E-state index contributed by atoms with van der Waals surface area (Å²) in [6.07, 6.45) is 9.00. The zero-order valence-electron chi connectivity index (χ0n) is 16.3. The SMILES string of the molecule is C[C@@H]1CN(N)C2CCCCC2NC[C@H](C)NC[C@@H]2CCC[C@@H](CN1)N2. The van der Waals surface area contributed by atoms with Crippen molar-refractivity contribution >= 4 is 0 Å². The average Bonchev–Trinajstić information content (AvgIpc) is 2.63. The van der Waals surface area contributed by atoms with E-state index in [1.54, 1.807) is 0 Å². The van der Waals surface area contributed by atoms with Crippen molar-refractivity contribution in [3.8, 4) is 0 Å². The average molecular weight is 353 g/mol. The number of rotatable bonds is 0. The van der Waals surface area contributed by atoms with Gasteiger partial charge in [0.25, 0.3) is 0 Å². The second-order valence-corrected chi connectivity index (χ2v) is 8.67. The van der Waals surface area contributed by atoms with Crippen molar-refractivity contribution in [1.29, 1.82) is 0 Å². The molecule has 0 aromatic heterocycles. The van der Waals surface area contributed by atoms with Crippen LogP contribution in [0.15, 0.2) is 0 Å². The van der Waals surface area contributed by atoms with Crippen LogP contribution in [0.2, 0.25) is 0 Å². The number of hydrogen-bond acceptors (Lipinski definition) is 6. The molecule has 146 valence electrons. The van der Waals surface area contributed by atoms with E-state index in [2.05, 4.69) is 40.1 Å². The highest BCUT2D eigenvalue weighted by molar-refractivity contribution is 4.90. The number of piperidine rings is 1. The summed E-state index contributed by atoms with van der Waals surface area (Å²) in [7, 11) is 0. The second kappa shape index (κ2) is 9.62. The van der Waals surface area contributed by atoms with Gasteiger partial charge < -0.3 is 21.3 Å². The Morgan fingerprint density at radius 2 is 1.44 bits per heavy atom. The summed E-state index contributed by atoms with van der Waals surface area (Å²) in [5.41, 5.74) is 0. The number of nitrogens with one attached hydrogen (secondary N) is 4. The fraction of sp³-hybridized carbons (Fsp3) is 1.00. The molecule has 6 heteroatoms. The Kier molecular flexibility index (Phi) is 7.51. The van der Waals surface area contributed by atoms with E-state index in [-0.39, 0.29) is 0 Å². The van der Waals surface area contributed by atoms with Crippen LogP contribution in [0, 0.1) is 0 Å². The number of fused-ring (bicyclic) bond motifs is 3. The maximum Gasteiger partial charge on any atom is 0.0395 e. The summed E-state index contributed by atoms with van der Waals surface area (Å²) in [6, 6.07) is 3.12. The van der Waals surface area contributed by atoms with Gasteiger partial charge in [0.2, 0.25) is 0 Å². The molecular weight excluding hydrogens is 312 g/mol. The van der Waals surface area contributed by atoms with E-state index >= 15 is 0 Å². The molecule has 0 aromatic rings. The minimum absolute atomic E-state index is 0.428. The first kappa shape index (κ1) is 19.5. The Morgan fingerprint density at radius 3 is 2.20 bits per heavy atom. The van der Waals surface area contributed by atoms with Crippen molar-refractivity contribution in [2.75, 3.05) is 26.2 Å². The summed E-state index contributed by atoms with van der Waals surface area (Å²) in [5.74, 6) is 6.52. The van der Waals surface area contributed by atoms with Crippen molar-refractivity contribution in [2.24, 2.45) is 5.84 Å². The summed E-state index contributed by atoms with van der Waals surface area (Å²) in [6.45, 7) is 8.64. The lowest BCUT2D eigenvalue weighted by molar-refractivity contribution is 0.111. The zero-order chi connectivity index (χ0) is 17.6. The van der Waals surface area contributed by atoms with Gasteiger partial charge in [0.15, 0.2) is 0 Å². The highest BCUT2D eigenvalue weighted by atomic mass is 15.4. The molecule has 3 fully saturated rings. The largest absolute Gasteiger partial charge is 0.311 e. The zero-order valence-corrected chi connectivity index (χ0v) is 16.3. The molecule has 6 nitrogen and oxygen atoms in total. The van der Waals surface area contributed by atoms with Gasteiger partial charge in [-0.15, -0.1) is 0 Å². The lowest BCUT2D eigenvalue weighted by atomic mass is 9.89. The molecule has 2 unspecified atom stereocenters. The maximum absolute atomic E-state index is 6.52. The van der Waals surface area contributed by atoms with E-state index in [9.17, 15) is 0 Å². The topological polar surface area (TPSA) is 77.4 Å². The first-order chi connectivity index (χ1) is 12.1. The van der Waals surface area contributed by atoms with E-state index in [1.165, 1.54) is 44.9 Å². The molecule has 1 aliphatic carbocycles. The third kappa shape index (κ3) is 5.88. The van der Waals surface area contributed by atoms with Gasteiger partial charge in [-0.25, -0.2) is 5.01 Å². The van der Waals surface area contributed by atoms with Gasteiger partial charge >= 0.3 is 0 Å². The Hall–Kier alpha value is -0.240. The smallest absolute Gasteiger partial charge is 0.0395 e. The van der Waals surface area contributed by atoms with Gasteiger partial charge in [-0.3, -0.25) is 5.84 Å². The summed E-state index contributed by atoms with van der Waals surface area (Å²) in [5, 5.41) is 17.2. The maximum atomic E-state index is 6.52. The molecule has 25 heavy (non-hydrogen) atoms. The number of nitrogens with two attached hydrogens (primary N) is 1. The molecule has 1 saturated carbocycles. The second-order valence-electron chi connectivity index (χ2n) is 8.67. The number of nitrogens with zero attached hydrogens (tertiary/aromatic N) is 1. The van der Waals surface area contributed by atoms with Crippen LogP contribution in [0.25, 0.3) is 0 Å². The van der Waals surface area contributed by atoms with Crippen LogP contribution in [0.4, 0.5) is 0 Å². The lowest BCUT2D eigenvalue weighted by Crippen LogP contribution is -2.58. The standard InChI is InChI=1S/C19H40N6/c1-14-10-23-18-8-3-4-9-19(18)25(20)13-15(2)22-12-17-7-5-6-16(24-17)11-21-14/h14-19,21-24H,3-13,20H2,1-2H3/t14-,15+,16-,17-,18?,19?/m0/s1. The fourth-order valence-electron chi connectivity index (χ4n) is 4.78. The normalized spacial score (nSPS) is 42.8. The molecule has 2 heterocycles. The molecule has 2 bridgehead atoms. The van der Waals surface area contributed by atoms with Gasteiger partial charge in [-0.1, -0.05) is 19.3 Å². The van der Waals surface area contributed by atoms with Crippen molar-refractivity contribution < 1.29 is 0 Å². The number of hydrogen-bond donors (Lipinski definition) is 5. The van der Waals surface area contributed by atoms with Gasteiger partial charge in [0.1, 0.15) is 0 Å². The predicted octanol–water partition coefficient (Wildman–Crippen LogP) is 0.543. The summed E-state index contributed by atoms with van der Waals surface area (Å²) < 4.78 is 0. The Labute approximate surface area is 154 Å². The molecule has 6 atom stereocenters. The van der Waals surface area contributed by atoms with Crippen LogP contribution in [-0.2, 0) is 0 Å². The van der Waals surface area contributed by atoms with Crippen LogP contribution in [0.3, 0.4) is 0 Å². The number of hydrazine groups is 1. The minimum Gasteiger partial charge on any atom is -0.311 e. The van der Waals surface area contributed by atoms with Gasteiger partial charge in [-0.05, 0) is 39.5 Å². The molecule has 3 rings (SSSR count). The van der Waals surface area contributed by atoms with E-state index in [0.717, 1.165) is 26.2 Å². The monoisotopic (exact) mass is 352 g/mol. The van der Waals surface area contributed by atoms with Crippen LogP contribution in [0.5, 0.6) is 0 Å². The molecule has 3 aliphatic rings. The van der Waals surface area contributed by atoms with Crippen molar-refractivity contribution in [3.05, 3.63) is 0 Å². The molecule has 6 N–H and O–H groups in total. The third-order valence-electron chi connectivity index (χ3n) is 6.33. The molecule has 2 aliphatic heterocycles. The van der Waals surface area contributed by atoms with E-state index in [4.69, 9.17) is 5.84 Å². The third-order valence-corrected chi connectivity index (χ3v) is 6.33. The van der Waals surface area contributed by atoms with Crippen LogP contribution in [-0.4, -0.2) is 67.4 Å². The van der Waals surface area contributed by atoms with E-state index in [1.807, 2.05) is 0 Å². The van der Waals surface area contributed by atoms with Crippen LogP contribution in [0.1, 0.15) is 58.8 Å². The van der Waals surface area contributed by atoms with Gasteiger partial charge in [0.05, 0.1) is 0 Å². The molecule has 0 spiro atoms.